The molecule has 0 radical (unpaired) electrons. The Bertz CT molecular complexity index is 1300. The van der Waals surface area contributed by atoms with E-state index in [9.17, 15) is 4.79 Å². The Labute approximate surface area is 200 Å². The standard InChI is InChI=1S/C27H30N6O/c1-3-10-24-29-25(23-19-28-33(26(23)30-24)21-12-5-4-6-13-21)31-15-9-16-32(18-17-31)27(34)22-14-8-7-11-20(22)2/h4-8,11-14,19H,3,9-10,15-18H2,1-2H3. The summed E-state index contributed by atoms with van der Waals surface area (Å²) in [7, 11) is 0. The van der Waals surface area contributed by atoms with Crippen molar-refractivity contribution in [1.82, 2.24) is 24.6 Å². The molecule has 7 nitrogen and oxygen atoms in total. The van der Waals surface area contributed by atoms with Gasteiger partial charge in [-0.1, -0.05) is 43.3 Å². The average Bonchev–Trinajstić information content (AvgIpc) is 3.13. The quantitative estimate of drug-likeness (QED) is 0.446. The van der Waals surface area contributed by atoms with Crippen LogP contribution in [0.3, 0.4) is 0 Å². The van der Waals surface area contributed by atoms with Gasteiger partial charge in [0.25, 0.3) is 5.91 Å². The number of hydrogen-bond acceptors (Lipinski definition) is 5. The van der Waals surface area contributed by atoms with Gasteiger partial charge in [-0.2, -0.15) is 5.10 Å². The number of rotatable bonds is 5. The molecule has 0 unspecified atom stereocenters. The molecule has 0 atom stereocenters. The van der Waals surface area contributed by atoms with Gasteiger partial charge in [-0.05, 0) is 43.5 Å². The first-order valence-corrected chi connectivity index (χ1v) is 12.1. The van der Waals surface area contributed by atoms with Crippen molar-refractivity contribution in [2.24, 2.45) is 0 Å². The first-order chi connectivity index (χ1) is 16.7. The summed E-state index contributed by atoms with van der Waals surface area (Å²) in [5.41, 5.74) is 3.62. The van der Waals surface area contributed by atoms with Gasteiger partial charge in [0, 0.05) is 38.2 Å². The molecule has 0 spiro atoms. The highest BCUT2D eigenvalue weighted by molar-refractivity contribution is 5.95. The molecule has 174 valence electrons. The maximum absolute atomic E-state index is 13.2. The molecule has 34 heavy (non-hydrogen) atoms. The minimum atomic E-state index is 0.108. The van der Waals surface area contributed by atoms with Crippen molar-refractivity contribution in [3.8, 4) is 5.69 Å². The molecule has 0 aliphatic carbocycles. The van der Waals surface area contributed by atoms with Crippen molar-refractivity contribution in [2.45, 2.75) is 33.1 Å². The highest BCUT2D eigenvalue weighted by Crippen LogP contribution is 2.27. The number of carbonyl (C=O) groups excluding carboxylic acids is 1. The van der Waals surface area contributed by atoms with E-state index in [-0.39, 0.29) is 5.91 Å². The Kier molecular flexibility index (Phi) is 6.25. The lowest BCUT2D eigenvalue weighted by molar-refractivity contribution is 0.0766. The van der Waals surface area contributed by atoms with E-state index in [0.29, 0.717) is 6.54 Å². The predicted molar refractivity (Wildman–Crippen MR) is 135 cm³/mol. The lowest BCUT2D eigenvalue weighted by Gasteiger charge is -2.24. The minimum Gasteiger partial charge on any atom is -0.354 e. The summed E-state index contributed by atoms with van der Waals surface area (Å²) in [6, 6.07) is 17.9. The Morgan fingerprint density at radius 2 is 1.74 bits per heavy atom. The molecule has 1 aliphatic rings. The number of aromatic nitrogens is 4. The molecule has 1 aliphatic heterocycles. The Morgan fingerprint density at radius 3 is 2.53 bits per heavy atom. The van der Waals surface area contributed by atoms with E-state index in [1.54, 1.807) is 0 Å². The first-order valence-electron chi connectivity index (χ1n) is 12.1. The maximum atomic E-state index is 13.2. The molecule has 0 saturated carbocycles. The number of fused-ring (bicyclic) bond motifs is 1. The average molecular weight is 455 g/mol. The van der Waals surface area contributed by atoms with Crippen LogP contribution in [0.1, 0.15) is 41.5 Å². The van der Waals surface area contributed by atoms with Gasteiger partial charge in [0.15, 0.2) is 5.65 Å². The smallest absolute Gasteiger partial charge is 0.254 e. The highest BCUT2D eigenvalue weighted by atomic mass is 16.2. The fourth-order valence-electron chi connectivity index (χ4n) is 4.59. The molecule has 2 aromatic heterocycles. The third-order valence-electron chi connectivity index (χ3n) is 6.39. The molecule has 0 bridgehead atoms. The number of aryl methyl sites for hydroxylation is 2. The zero-order valence-electron chi connectivity index (χ0n) is 19.8. The summed E-state index contributed by atoms with van der Waals surface area (Å²) in [5.74, 6) is 1.86. The van der Waals surface area contributed by atoms with Crippen LogP contribution in [0.5, 0.6) is 0 Å². The van der Waals surface area contributed by atoms with E-state index < -0.39 is 0 Å². The predicted octanol–water partition coefficient (Wildman–Crippen LogP) is 4.43. The molecule has 0 N–H and O–H groups in total. The Morgan fingerprint density at radius 1 is 0.941 bits per heavy atom. The van der Waals surface area contributed by atoms with Crippen molar-refractivity contribution >= 4 is 22.8 Å². The van der Waals surface area contributed by atoms with Gasteiger partial charge in [-0.25, -0.2) is 14.6 Å². The summed E-state index contributed by atoms with van der Waals surface area (Å²) in [6.45, 7) is 7.10. The van der Waals surface area contributed by atoms with E-state index in [1.807, 2.05) is 77.3 Å². The van der Waals surface area contributed by atoms with Crippen LogP contribution in [-0.2, 0) is 6.42 Å². The van der Waals surface area contributed by atoms with Gasteiger partial charge in [0.05, 0.1) is 17.3 Å². The van der Waals surface area contributed by atoms with Crippen molar-refractivity contribution in [3.63, 3.8) is 0 Å². The zero-order valence-corrected chi connectivity index (χ0v) is 19.8. The molecular weight excluding hydrogens is 424 g/mol. The Hall–Kier alpha value is -3.74. The number of carbonyl (C=O) groups is 1. The molecular formula is C27H30N6O. The molecule has 1 amide bonds. The second-order valence-corrected chi connectivity index (χ2v) is 8.79. The Balaban J connectivity index is 1.46. The second-order valence-electron chi connectivity index (χ2n) is 8.79. The van der Waals surface area contributed by atoms with Gasteiger partial charge in [-0.15, -0.1) is 0 Å². The lowest BCUT2D eigenvalue weighted by Crippen LogP contribution is -2.35. The van der Waals surface area contributed by atoms with E-state index in [0.717, 1.165) is 78.4 Å². The van der Waals surface area contributed by atoms with E-state index in [4.69, 9.17) is 9.97 Å². The van der Waals surface area contributed by atoms with Gasteiger partial charge in [0.1, 0.15) is 11.6 Å². The number of amides is 1. The van der Waals surface area contributed by atoms with Crippen LogP contribution in [0.4, 0.5) is 5.82 Å². The van der Waals surface area contributed by atoms with Gasteiger partial charge in [0.2, 0.25) is 0 Å². The summed E-state index contributed by atoms with van der Waals surface area (Å²) in [6.07, 6.45) is 4.55. The van der Waals surface area contributed by atoms with Crippen LogP contribution in [-0.4, -0.2) is 56.7 Å². The molecule has 1 fully saturated rings. The van der Waals surface area contributed by atoms with Crippen molar-refractivity contribution < 1.29 is 4.79 Å². The minimum absolute atomic E-state index is 0.108. The summed E-state index contributed by atoms with van der Waals surface area (Å²) in [4.78, 5) is 27.3. The van der Waals surface area contributed by atoms with E-state index in [1.165, 1.54) is 0 Å². The van der Waals surface area contributed by atoms with Crippen LogP contribution in [0, 0.1) is 6.92 Å². The number of nitrogens with zero attached hydrogens (tertiary/aromatic N) is 6. The molecule has 7 heteroatoms. The normalized spacial score (nSPS) is 14.4. The van der Waals surface area contributed by atoms with Crippen LogP contribution in [0.15, 0.2) is 60.8 Å². The molecule has 1 saturated heterocycles. The third-order valence-corrected chi connectivity index (χ3v) is 6.39. The number of anilines is 1. The van der Waals surface area contributed by atoms with Crippen LogP contribution < -0.4 is 4.90 Å². The van der Waals surface area contributed by atoms with Crippen LogP contribution >= 0.6 is 0 Å². The molecule has 2 aromatic carbocycles. The van der Waals surface area contributed by atoms with Crippen molar-refractivity contribution in [2.75, 3.05) is 31.1 Å². The maximum Gasteiger partial charge on any atom is 0.254 e. The number of hydrogen-bond donors (Lipinski definition) is 0. The zero-order chi connectivity index (χ0) is 23.5. The number of benzene rings is 2. The van der Waals surface area contributed by atoms with Gasteiger partial charge in [-0.3, -0.25) is 4.79 Å². The van der Waals surface area contributed by atoms with Crippen molar-refractivity contribution in [3.05, 3.63) is 77.7 Å². The van der Waals surface area contributed by atoms with Crippen LogP contribution in [0.2, 0.25) is 0 Å². The molecule has 5 rings (SSSR count). The van der Waals surface area contributed by atoms with E-state index >= 15 is 0 Å². The summed E-state index contributed by atoms with van der Waals surface area (Å²) in [5, 5.41) is 5.61. The highest BCUT2D eigenvalue weighted by Gasteiger charge is 2.24. The van der Waals surface area contributed by atoms with Crippen molar-refractivity contribution in [1.29, 1.82) is 0 Å². The van der Waals surface area contributed by atoms with Gasteiger partial charge >= 0.3 is 0 Å². The first kappa shape index (κ1) is 22.1. The molecule has 3 heterocycles. The summed E-state index contributed by atoms with van der Waals surface area (Å²) >= 11 is 0. The third kappa shape index (κ3) is 4.25. The fraction of sp³-hybridized carbons (Fsp3) is 0.333. The largest absolute Gasteiger partial charge is 0.354 e. The monoisotopic (exact) mass is 454 g/mol. The fourth-order valence-corrected chi connectivity index (χ4v) is 4.59. The topological polar surface area (TPSA) is 67.2 Å². The van der Waals surface area contributed by atoms with Gasteiger partial charge < -0.3 is 9.80 Å². The van der Waals surface area contributed by atoms with Crippen LogP contribution in [0.25, 0.3) is 16.7 Å². The SMILES string of the molecule is CCCc1nc(N2CCCN(C(=O)c3ccccc3C)CC2)c2cnn(-c3ccccc3)c2n1. The number of para-hydroxylation sites is 1. The summed E-state index contributed by atoms with van der Waals surface area (Å²) < 4.78 is 1.89. The van der Waals surface area contributed by atoms with E-state index in [2.05, 4.69) is 16.9 Å². The second kappa shape index (κ2) is 9.63. The lowest BCUT2D eigenvalue weighted by atomic mass is 10.1. The molecule has 4 aromatic rings.